The monoisotopic (exact) mass is 369 g/mol. The third kappa shape index (κ3) is 2.99. The molecule has 1 N–H and O–H groups in total. The van der Waals surface area contributed by atoms with Crippen molar-refractivity contribution in [1.82, 2.24) is 14.7 Å². The first-order chi connectivity index (χ1) is 12.6. The summed E-state index contributed by atoms with van der Waals surface area (Å²) >= 11 is 1.30. The second-order valence-electron chi connectivity index (χ2n) is 5.73. The molecule has 0 spiro atoms. The van der Waals surface area contributed by atoms with Gasteiger partial charge in [-0.3, -0.25) is 9.30 Å². The normalized spacial score (nSPS) is 13.3. The summed E-state index contributed by atoms with van der Waals surface area (Å²) in [5, 5.41) is 12.3. The maximum atomic E-state index is 14.9. The molecule has 0 bridgehead atoms. The van der Waals surface area contributed by atoms with Gasteiger partial charge in [0.2, 0.25) is 0 Å². The number of aromatic nitrogens is 2. The number of anilines is 1. The van der Waals surface area contributed by atoms with E-state index in [1.807, 2.05) is 48.1 Å². The van der Waals surface area contributed by atoms with Crippen molar-refractivity contribution in [2.24, 2.45) is 12.0 Å². The number of imidazole rings is 1. The maximum Gasteiger partial charge on any atom is 0.189 e. The van der Waals surface area contributed by atoms with E-state index in [1.165, 1.54) is 18.0 Å². The number of nitrogens with zero attached hydrogens (tertiary/aromatic N) is 5. The summed E-state index contributed by atoms with van der Waals surface area (Å²) in [6.45, 7) is -0.114. The summed E-state index contributed by atoms with van der Waals surface area (Å²) in [6, 6.07) is 14.2. The molecule has 0 saturated heterocycles. The van der Waals surface area contributed by atoms with Gasteiger partial charge in [0, 0.05) is 36.6 Å². The highest BCUT2D eigenvalue weighted by molar-refractivity contribution is 8.00. The molecule has 1 aliphatic rings. The number of phenolic OH excluding ortho intramolecular Hbond substituents is 1. The van der Waals surface area contributed by atoms with E-state index < -0.39 is 0 Å². The highest BCUT2D eigenvalue weighted by atomic mass is 32.2. The number of benzene rings is 2. The first-order valence-electron chi connectivity index (χ1n) is 7.95. The van der Waals surface area contributed by atoms with Crippen molar-refractivity contribution in [3.63, 3.8) is 0 Å². The Morgan fingerprint density at radius 1 is 1.19 bits per heavy atom. The Hall–Kier alpha value is -3.00. The second-order valence-corrected chi connectivity index (χ2v) is 6.64. The summed E-state index contributed by atoms with van der Waals surface area (Å²) in [7, 11) is 1.88. The average Bonchev–Trinajstić information content (AvgIpc) is 3.05. The first-order valence-corrected chi connectivity index (χ1v) is 8.72. The van der Waals surface area contributed by atoms with Gasteiger partial charge in [-0.2, -0.15) is 5.12 Å². The molecular formula is C18H16FN5OS. The number of para-hydroxylation sites is 1. The third-order valence-corrected chi connectivity index (χ3v) is 5.07. The van der Waals surface area contributed by atoms with E-state index in [0.29, 0.717) is 26.7 Å². The van der Waals surface area contributed by atoms with Gasteiger partial charge in [-0.25, -0.2) is 4.98 Å². The van der Waals surface area contributed by atoms with Crippen molar-refractivity contribution < 1.29 is 9.59 Å². The van der Waals surface area contributed by atoms with Crippen LogP contribution >= 0.6 is 11.9 Å². The van der Waals surface area contributed by atoms with Crippen LogP contribution in [0.2, 0.25) is 0 Å². The van der Waals surface area contributed by atoms with Crippen LogP contribution < -0.4 is 14.9 Å². The number of aromatic hydroxyl groups is 1. The molecule has 2 heterocycles. The number of rotatable bonds is 4. The fourth-order valence-electron chi connectivity index (χ4n) is 2.69. The Morgan fingerprint density at radius 2 is 2.00 bits per heavy atom. The first kappa shape index (κ1) is 16.5. The summed E-state index contributed by atoms with van der Waals surface area (Å²) in [5.74, 6) is 0.354. The number of phenols is 1. The zero-order chi connectivity index (χ0) is 18.1. The lowest BCUT2D eigenvalue weighted by Crippen LogP contribution is -2.42. The smallest absolute Gasteiger partial charge is 0.189 e. The fourth-order valence-corrected chi connectivity index (χ4v) is 3.65. The van der Waals surface area contributed by atoms with Gasteiger partial charge in [-0.05, 0) is 30.3 Å². The lowest BCUT2D eigenvalue weighted by molar-refractivity contribution is 0.102. The Labute approximate surface area is 153 Å². The quantitative estimate of drug-likeness (QED) is 0.564. The number of aryl methyl sites for hydroxylation is 1. The van der Waals surface area contributed by atoms with Crippen molar-refractivity contribution in [2.45, 2.75) is 5.16 Å². The van der Waals surface area contributed by atoms with Gasteiger partial charge in [0.15, 0.2) is 11.0 Å². The van der Waals surface area contributed by atoms with Crippen LogP contribution in [0.4, 0.5) is 10.2 Å². The predicted octanol–water partition coefficient (Wildman–Crippen LogP) is 2.18. The number of fused-ring (bicyclic) bond motifs is 1. The van der Waals surface area contributed by atoms with Gasteiger partial charge < -0.3 is 9.67 Å². The van der Waals surface area contributed by atoms with Crippen LogP contribution in [0.25, 0.3) is 5.82 Å². The van der Waals surface area contributed by atoms with E-state index in [0.717, 1.165) is 5.69 Å². The van der Waals surface area contributed by atoms with E-state index in [1.54, 1.807) is 22.6 Å². The van der Waals surface area contributed by atoms with E-state index in [4.69, 9.17) is 0 Å². The van der Waals surface area contributed by atoms with Gasteiger partial charge in [-0.15, -0.1) is 0 Å². The lowest BCUT2D eigenvalue weighted by Gasteiger charge is -2.30. The topological polar surface area (TPSA) is 56.9 Å². The Bertz CT molecular complexity index is 1050. The van der Waals surface area contributed by atoms with Crippen LogP contribution in [-0.4, -0.2) is 26.4 Å². The molecule has 2 aromatic carbocycles. The third-order valence-electron chi connectivity index (χ3n) is 3.95. The van der Waals surface area contributed by atoms with Crippen molar-refractivity contribution in [1.29, 1.82) is 0 Å². The van der Waals surface area contributed by atoms with Crippen molar-refractivity contribution in [3.8, 4) is 5.75 Å². The van der Waals surface area contributed by atoms with Crippen LogP contribution in [0.1, 0.15) is 0 Å². The molecule has 6 nitrogen and oxygen atoms in total. The van der Waals surface area contributed by atoms with Crippen LogP contribution in [0.5, 0.6) is 5.75 Å². The number of hydrogen-bond acceptors (Lipinski definition) is 6. The molecule has 0 unspecified atom stereocenters. The van der Waals surface area contributed by atoms with E-state index >= 15 is 0 Å². The molecule has 132 valence electrons. The summed E-state index contributed by atoms with van der Waals surface area (Å²) in [5.41, 5.74) is 0.786. The van der Waals surface area contributed by atoms with E-state index in [-0.39, 0.29) is 12.4 Å². The Balaban J connectivity index is 1.94. The minimum atomic E-state index is -0.114. The molecule has 1 aliphatic heterocycles. The van der Waals surface area contributed by atoms with E-state index in [9.17, 15) is 9.59 Å². The SMILES string of the molecule is Cn1ccnc1SN(C1=c2cc(O)ccc2=NCN1F)c1ccccc1. The van der Waals surface area contributed by atoms with Crippen LogP contribution in [0.3, 0.4) is 0 Å². The van der Waals surface area contributed by atoms with E-state index in [2.05, 4.69) is 9.98 Å². The standard InChI is InChI=1S/C18H16FN5OS/c1-22-10-9-20-18(22)26-24(13-5-3-2-4-6-13)17-15-11-14(25)7-8-16(15)21-12-23(17)19/h2-11,25H,12H2,1H3. The number of hydrogen-bond donors (Lipinski definition) is 1. The van der Waals surface area contributed by atoms with Crippen LogP contribution in [-0.2, 0) is 7.05 Å². The molecule has 8 heteroatoms. The molecule has 0 fully saturated rings. The zero-order valence-corrected chi connectivity index (χ0v) is 14.8. The molecule has 3 aromatic rings. The number of halogens is 1. The zero-order valence-electron chi connectivity index (χ0n) is 14.0. The fraction of sp³-hybridized carbons (Fsp3) is 0.111. The Morgan fingerprint density at radius 3 is 2.73 bits per heavy atom. The maximum absolute atomic E-state index is 14.9. The average molecular weight is 369 g/mol. The van der Waals surface area contributed by atoms with Gasteiger partial charge in [-0.1, -0.05) is 22.7 Å². The van der Waals surface area contributed by atoms with Crippen molar-refractivity contribution in [3.05, 3.63) is 71.5 Å². The van der Waals surface area contributed by atoms with Gasteiger partial charge in [0.1, 0.15) is 12.4 Å². The molecular weight excluding hydrogens is 353 g/mol. The molecule has 26 heavy (non-hydrogen) atoms. The molecule has 0 atom stereocenters. The molecule has 1 aromatic heterocycles. The van der Waals surface area contributed by atoms with Gasteiger partial charge >= 0.3 is 0 Å². The van der Waals surface area contributed by atoms with Crippen LogP contribution in [0, 0.1) is 0 Å². The second kappa shape index (κ2) is 6.72. The summed E-state index contributed by atoms with van der Waals surface area (Å²) in [6.07, 6.45) is 3.53. The minimum absolute atomic E-state index is 0.0572. The van der Waals surface area contributed by atoms with Gasteiger partial charge in [0.25, 0.3) is 0 Å². The lowest BCUT2D eigenvalue weighted by atomic mass is 10.2. The van der Waals surface area contributed by atoms with Crippen molar-refractivity contribution >= 4 is 23.5 Å². The molecule has 0 radical (unpaired) electrons. The largest absolute Gasteiger partial charge is 0.508 e. The molecule has 0 aliphatic carbocycles. The molecule has 0 saturated carbocycles. The van der Waals surface area contributed by atoms with Crippen LogP contribution in [0.15, 0.2) is 71.1 Å². The predicted molar refractivity (Wildman–Crippen MR) is 98.1 cm³/mol. The van der Waals surface area contributed by atoms with Crippen molar-refractivity contribution in [2.75, 3.05) is 11.0 Å². The highest BCUT2D eigenvalue weighted by Gasteiger charge is 2.25. The molecule has 0 amide bonds. The molecule has 4 rings (SSSR count). The summed E-state index contributed by atoms with van der Waals surface area (Å²) < 4.78 is 18.5. The minimum Gasteiger partial charge on any atom is -0.508 e. The Kier molecular flexibility index (Phi) is 4.26. The van der Waals surface area contributed by atoms with Gasteiger partial charge in [0.05, 0.1) is 11.0 Å². The highest BCUT2D eigenvalue weighted by Crippen LogP contribution is 2.33. The summed E-state index contributed by atoms with van der Waals surface area (Å²) in [4.78, 5) is 8.55.